The quantitative estimate of drug-likeness (QED) is 0.278. The van der Waals surface area contributed by atoms with Crippen molar-refractivity contribution in [3.05, 3.63) is 89.7 Å². The van der Waals surface area contributed by atoms with E-state index in [1.165, 1.54) is 28.8 Å². The summed E-state index contributed by atoms with van der Waals surface area (Å²) in [5.74, 6) is 0.774. The van der Waals surface area contributed by atoms with Gasteiger partial charge in [0.1, 0.15) is 18.2 Å². The Morgan fingerprint density at radius 3 is 2.55 bits per heavy atom. The molecule has 2 atom stereocenters. The standard InChI is InChI=1S/C33H33FN4O5S/c1-41-26-15-10-22(17-27(26)42-2)32-30-31(21-7-4-3-5-8-21)36-38(24-13-11-23(34)12-14-24)33(30)37(29(40)20-44-32)19-28(39)35-18-25-9-6-16-43-25/h3-5,7-8,10-15,17,25,32H,6,9,16,18-20H2,1-2H3,(H,35,39)/t25-,32+/m1/s1. The topological polar surface area (TPSA) is 94.9 Å². The number of carbonyl (C=O) groups excluding carboxylic acids is 2. The number of nitrogens with one attached hydrogen (secondary N) is 1. The first-order chi connectivity index (χ1) is 21.5. The molecule has 1 fully saturated rings. The summed E-state index contributed by atoms with van der Waals surface area (Å²) in [5.41, 5.74) is 3.68. The molecule has 2 aliphatic heterocycles. The van der Waals surface area contributed by atoms with Gasteiger partial charge < -0.3 is 19.5 Å². The molecular weight excluding hydrogens is 583 g/mol. The molecule has 6 rings (SSSR count). The highest BCUT2D eigenvalue weighted by atomic mass is 32.2. The fourth-order valence-electron chi connectivity index (χ4n) is 5.60. The van der Waals surface area contributed by atoms with Crippen molar-refractivity contribution < 1.29 is 28.2 Å². The third-order valence-electron chi connectivity index (χ3n) is 7.77. The summed E-state index contributed by atoms with van der Waals surface area (Å²) in [4.78, 5) is 28.7. The van der Waals surface area contributed by atoms with E-state index >= 15 is 0 Å². The van der Waals surface area contributed by atoms with Gasteiger partial charge in [-0.3, -0.25) is 14.5 Å². The van der Waals surface area contributed by atoms with Gasteiger partial charge in [-0.25, -0.2) is 9.07 Å². The zero-order chi connectivity index (χ0) is 30.6. The Balaban J connectivity index is 1.52. The predicted octanol–water partition coefficient (Wildman–Crippen LogP) is 5.16. The van der Waals surface area contributed by atoms with Crippen LogP contribution in [0, 0.1) is 5.82 Å². The average molecular weight is 617 g/mol. The van der Waals surface area contributed by atoms with Crippen LogP contribution in [-0.4, -0.2) is 67.4 Å². The van der Waals surface area contributed by atoms with Crippen molar-refractivity contribution >= 4 is 29.4 Å². The van der Waals surface area contributed by atoms with Crippen LogP contribution in [0.3, 0.4) is 0 Å². The van der Waals surface area contributed by atoms with Gasteiger partial charge in [-0.1, -0.05) is 36.4 Å². The van der Waals surface area contributed by atoms with Gasteiger partial charge in [0.2, 0.25) is 11.8 Å². The van der Waals surface area contributed by atoms with Crippen molar-refractivity contribution in [2.45, 2.75) is 24.2 Å². The minimum atomic E-state index is -0.393. The number of fused-ring (bicyclic) bond motifs is 1. The summed E-state index contributed by atoms with van der Waals surface area (Å²) in [6.45, 7) is 0.852. The summed E-state index contributed by atoms with van der Waals surface area (Å²) < 4.78 is 32.4. The van der Waals surface area contributed by atoms with Crippen molar-refractivity contribution in [2.75, 3.05) is 44.6 Å². The van der Waals surface area contributed by atoms with Crippen LogP contribution in [-0.2, 0) is 14.3 Å². The Kier molecular flexibility index (Phi) is 8.85. The number of rotatable bonds is 9. The number of carbonyl (C=O) groups is 2. The molecule has 0 bridgehead atoms. The van der Waals surface area contributed by atoms with Gasteiger partial charge in [-0.2, -0.15) is 5.10 Å². The first-order valence-corrected chi connectivity index (χ1v) is 15.5. The van der Waals surface area contributed by atoms with Crippen LogP contribution < -0.4 is 19.7 Å². The third-order valence-corrected chi connectivity index (χ3v) is 9.03. The molecule has 228 valence electrons. The SMILES string of the molecule is COc1ccc([C@@H]2SCC(=O)N(CC(=O)NC[C@H]3CCCO3)c3c2c(-c2ccccc2)nn3-c2ccc(F)cc2)cc1OC. The highest BCUT2D eigenvalue weighted by Crippen LogP contribution is 2.49. The highest BCUT2D eigenvalue weighted by molar-refractivity contribution is 8.00. The van der Waals surface area contributed by atoms with E-state index in [0.717, 1.165) is 29.5 Å². The summed E-state index contributed by atoms with van der Waals surface area (Å²) in [5, 5.41) is 7.62. The number of thioether (sulfide) groups is 1. The van der Waals surface area contributed by atoms with Crippen molar-refractivity contribution in [2.24, 2.45) is 0 Å². The maximum Gasteiger partial charge on any atom is 0.240 e. The Morgan fingerprint density at radius 1 is 1.07 bits per heavy atom. The molecule has 2 aliphatic rings. The number of hydrogen-bond acceptors (Lipinski definition) is 7. The second kappa shape index (κ2) is 13.1. The van der Waals surface area contributed by atoms with Gasteiger partial charge in [0.25, 0.3) is 0 Å². The van der Waals surface area contributed by atoms with Crippen LogP contribution in [0.2, 0.25) is 0 Å². The molecule has 2 amide bonds. The van der Waals surface area contributed by atoms with Crippen LogP contribution in [0.4, 0.5) is 10.2 Å². The largest absolute Gasteiger partial charge is 0.493 e. The van der Waals surface area contributed by atoms with Crippen molar-refractivity contribution in [3.63, 3.8) is 0 Å². The van der Waals surface area contributed by atoms with Crippen LogP contribution in [0.5, 0.6) is 11.5 Å². The maximum atomic E-state index is 14.0. The van der Waals surface area contributed by atoms with Gasteiger partial charge in [-0.05, 0) is 54.8 Å². The van der Waals surface area contributed by atoms with E-state index in [1.54, 1.807) is 31.0 Å². The molecule has 1 aromatic heterocycles. The third kappa shape index (κ3) is 6.02. The van der Waals surface area contributed by atoms with Gasteiger partial charge >= 0.3 is 0 Å². The molecule has 0 aliphatic carbocycles. The highest BCUT2D eigenvalue weighted by Gasteiger charge is 2.38. The second-order valence-corrected chi connectivity index (χ2v) is 11.7. The first kappa shape index (κ1) is 29.7. The summed E-state index contributed by atoms with van der Waals surface area (Å²) in [6, 6.07) is 21.3. The van der Waals surface area contributed by atoms with Gasteiger partial charge in [0.05, 0.1) is 42.7 Å². The lowest BCUT2D eigenvalue weighted by Gasteiger charge is -2.23. The lowest BCUT2D eigenvalue weighted by atomic mass is 9.99. The second-order valence-electron chi connectivity index (χ2n) is 10.6. The molecule has 0 unspecified atom stereocenters. The molecule has 4 aromatic rings. The summed E-state index contributed by atoms with van der Waals surface area (Å²) in [6.07, 6.45) is 1.81. The number of hydrogen-bond donors (Lipinski definition) is 1. The number of anilines is 1. The maximum absolute atomic E-state index is 14.0. The monoisotopic (exact) mass is 616 g/mol. The van der Waals surface area contributed by atoms with E-state index in [9.17, 15) is 14.0 Å². The Morgan fingerprint density at radius 2 is 1.84 bits per heavy atom. The summed E-state index contributed by atoms with van der Waals surface area (Å²) in [7, 11) is 3.16. The van der Waals surface area contributed by atoms with E-state index in [0.29, 0.717) is 41.8 Å². The number of nitrogens with zero attached hydrogens (tertiary/aromatic N) is 3. The smallest absolute Gasteiger partial charge is 0.240 e. The Hall–Kier alpha value is -4.35. The number of methoxy groups -OCH3 is 2. The zero-order valence-corrected chi connectivity index (χ0v) is 25.3. The van der Waals surface area contributed by atoms with Crippen molar-refractivity contribution in [1.29, 1.82) is 0 Å². The molecule has 3 heterocycles. The summed E-state index contributed by atoms with van der Waals surface area (Å²) >= 11 is 1.45. The Bertz CT molecular complexity index is 1640. The minimum Gasteiger partial charge on any atom is -0.493 e. The fraction of sp³-hybridized carbons (Fsp3) is 0.303. The number of benzene rings is 3. The number of aromatic nitrogens is 2. The molecule has 44 heavy (non-hydrogen) atoms. The van der Waals surface area contributed by atoms with Gasteiger partial charge in [-0.15, -0.1) is 11.8 Å². The fourth-order valence-corrected chi connectivity index (χ4v) is 6.79. The van der Waals surface area contributed by atoms with E-state index in [1.807, 2.05) is 48.5 Å². The molecule has 0 radical (unpaired) electrons. The van der Waals surface area contributed by atoms with E-state index in [-0.39, 0.29) is 35.5 Å². The van der Waals surface area contributed by atoms with Crippen LogP contribution in [0.15, 0.2) is 72.8 Å². The Labute approximate surface area is 259 Å². The predicted molar refractivity (Wildman–Crippen MR) is 167 cm³/mol. The molecule has 11 heteroatoms. The van der Waals surface area contributed by atoms with E-state index in [2.05, 4.69) is 5.32 Å². The first-order valence-electron chi connectivity index (χ1n) is 14.4. The molecule has 9 nitrogen and oxygen atoms in total. The lowest BCUT2D eigenvalue weighted by molar-refractivity contribution is -0.123. The van der Waals surface area contributed by atoms with Crippen LogP contribution in [0.1, 0.15) is 29.2 Å². The van der Waals surface area contributed by atoms with Crippen LogP contribution in [0.25, 0.3) is 16.9 Å². The molecule has 1 N–H and O–H groups in total. The van der Waals surface area contributed by atoms with E-state index in [4.69, 9.17) is 19.3 Å². The lowest BCUT2D eigenvalue weighted by Crippen LogP contribution is -2.44. The van der Waals surface area contributed by atoms with Crippen molar-refractivity contribution in [3.8, 4) is 28.4 Å². The van der Waals surface area contributed by atoms with Gasteiger partial charge in [0.15, 0.2) is 11.5 Å². The number of halogens is 1. The number of ether oxygens (including phenoxy) is 3. The molecule has 1 saturated heterocycles. The van der Waals surface area contributed by atoms with Crippen molar-refractivity contribution in [1.82, 2.24) is 15.1 Å². The zero-order valence-electron chi connectivity index (χ0n) is 24.5. The molecule has 0 saturated carbocycles. The normalized spacial score (nSPS) is 18.1. The van der Waals surface area contributed by atoms with Crippen LogP contribution >= 0.6 is 11.8 Å². The number of amides is 2. The molecule has 0 spiro atoms. The minimum absolute atomic E-state index is 0.0336. The van der Waals surface area contributed by atoms with E-state index < -0.39 is 5.82 Å². The van der Waals surface area contributed by atoms with Gasteiger partial charge in [0, 0.05) is 24.3 Å². The molecular formula is C33H33FN4O5S. The molecule has 3 aromatic carbocycles. The average Bonchev–Trinajstić information content (AvgIpc) is 3.69.